The fraction of sp³-hybridized carbons (Fsp3) is 0.457. The summed E-state index contributed by atoms with van der Waals surface area (Å²) in [5.74, 6) is -2.06. The first-order valence-electron chi connectivity index (χ1n) is 20.2. The number of aromatic hydroxyl groups is 1. The quantitative estimate of drug-likeness (QED) is 0.0606. The number of unbranched alkanes of at least 4 members (excludes halogenated alkanes) is 2. The molecule has 0 saturated carbocycles. The Labute approximate surface area is 341 Å². The molecule has 0 aromatic heterocycles. The minimum absolute atomic E-state index is 0.0785. The number of hydrogen-bond donors (Lipinski definition) is 2. The van der Waals surface area contributed by atoms with E-state index < -0.39 is 26.1 Å². The Balaban J connectivity index is 1.35. The van der Waals surface area contributed by atoms with Crippen LogP contribution in [-0.2, 0) is 23.5 Å². The average Bonchev–Trinajstić information content (AvgIpc) is 3.70. The van der Waals surface area contributed by atoms with Crippen LogP contribution >= 0.6 is 15.9 Å². The number of rotatable bonds is 17. The van der Waals surface area contributed by atoms with Gasteiger partial charge in [-0.2, -0.15) is 0 Å². The van der Waals surface area contributed by atoms with Gasteiger partial charge in [0, 0.05) is 28.9 Å². The highest BCUT2D eigenvalue weighted by Gasteiger charge is 2.57. The molecule has 298 valence electrons. The number of ether oxygens (including phenoxy) is 1. The SMILES string of the molecule is CCC/C(=C\c1cc(Br)ccc1O)CC[C@H]1OC[C@H]2C1=C(CO[Si](c1ccccc1)(c1ccccc1)C(C)(C)C)C[C@H]1C(=O)N(CCCCCC(=O)O)C(=O)[C@H]12. The molecule has 8 nitrogen and oxygen atoms in total. The summed E-state index contributed by atoms with van der Waals surface area (Å²) in [5.41, 5.74) is 4.18. The third-order valence-corrected chi connectivity index (χ3v) is 17.4. The van der Waals surface area contributed by atoms with Crippen LogP contribution in [0.5, 0.6) is 5.75 Å². The molecular formula is C46H56BrNO7Si. The van der Waals surface area contributed by atoms with Crippen molar-refractivity contribution in [3.63, 3.8) is 0 Å². The van der Waals surface area contributed by atoms with E-state index in [1.807, 2.05) is 24.3 Å². The molecule has 3 aromatic carbocycles. The van der Waals surface area contributed by atoms with Crippen molar-refractivity contribution < 1.29 is 33.8 Å². The predicted octanol–water partition coefficient (Wildman–Crippen LogP) is 8.66. The van der Waals surface area contributed by atoms with Gasteiger partial charge in [-0.15, -0.1) is 0 Å². The minimum atomic E-state index is -2.93. The number of carbonyl (C=O) groups is 3. The molecule has 2 heterocycles. The number of imide groups is 1. The molecule has 4 atom stereocenters. The number of allylic oxidation sites excluding steroid dienone is 1. The van der Waals surface area contributed by atoms with Gasteiger partial charge in [0.15, 0.2) is 0 Å². The van der Waals surface area contributed by atoms with Crippen molar-refractivity contribution in [2.45, 2.75) is 96.6 Å². The lowest BCUT2D eigenvalue weighted by atomic mass is 9.69. The monoisotopic (exact) mass is 841 g/mol. The van der Waals surface area contributed by atoms with E-state index in [2.05, 4.69) is 98.2 Å². The number of amides is 2. The van der Waals surface area contributed by atoms with E-state index in [9.17, 15) is 19.5 Å². The van der Waals surface area contributed by atoms with Crippen LogP contribution in [0.25, 0.3) is 6.08 Å². The fourth-order valence-corrected chi connectivity index (χ4v) is 14.3. The number of halogens is 1. The molecule has 56 heavy (non-hydrogen) atoms. The molecule has 2 fully saturated rings. The van der Waals surface area contributed by atoms with Gasteiger partial charge >= 0.3 is 5.97 Å². The Bertz CT molecular complexity index is 1900. The largest absolute Gasteiger partial charge is 0.507 e. The van der Waals surface area contributed by atoms with Crippen LogP contribution in [0, 0.1) is 17.8 Å². The molecule has 2 saturated heterocycles. The Kier molecular flexibility index (Phi) is 13.6. The number of carboxylic acids is 1. The molecule has 10 heteroatoms. The van der Waals surface area contributed by atoms with E-state index >= 15 is 0 Å². The molecule has 3 aliphatic rings. The highest BCUT2D eigenvalue weighted by molar-refractivity contribution is 9.10. The van der Waals surface area contributed by atoms with Crippen LogP contribution in [0.4, 0.5) is 0 Å². The minimum Gasteiger partial charge on any atom is -0.507 e. The number of phenolic OH excluding ortho intramolecular Hbond substituents is 1. The molecule has 3 aromatic rings. The van der Waals surface area contributed by atoms with Gasteiger partial charge in [-0.3, -0.25) is 19.3 Å². The second-order valence-corrected chi connectivity index (χ2v) is 21.8. The molecule has 6 rings (SSSR count). The number of carbonyl (C=O) groups excluding carboxylic acids is 2. The second kappa shape index (κ2) is 18.2. The topological polar surface area (TPSA) is 113 Å². The van der Waals surface area contributed by atoms with E-state index in [4.69, 9.17) is 14.3 Å². The van der Waals surface area contributed by atoms with Crippen molar-refractivity contribution in [1.82, 2.24) is 4.90 Å². The van der Waals surface area contributed by atoms with E-state index in [0.717, 1.165) is 40.4 Å². The normalized spacial score (nSPS) is 21.4. The van der Waals surface area contributed by atoms with Gasteiger partial charge in [-0.25, -0.2) is 0 Å². The van der Waals surface area contributed by atoms with E-state index in [0.29, 0.717) is 51.9 Å². The first-order valence-corrected chi connectivity index (χ1v) is 22.9. The summed E-state index contributed by atoms with van der Waals surface area (Å²) in [6.45, 7) is 9.94. The number of nitrogens with zero attached hydrogens (tertiary/aromatic N) is 1. The van der Waals surface area contributed by atoms with E-state index in [1.165, 1.54) is 20.8 Å². The highest BCUT2D eigenvalue weighted by Crippen LogP contribution is 2.50. The van der Waals surface area contributed by atoms with Gasteiger partial charge in [0.05, 0.1) is 31.2 Å². The predicted molar refractivity (Wildman–Crippen MR) is 226 cm³/mol. The zero-order valence-electron chi connectivity index (χ0n) is 33.1. The Hall–Kier alpha value is -3.83. The zero-order chi connectivity index (χ0) is 40.0. The fourth-order valence-electron chi connectivity index (χ4n) is 9.34. The van der Waals surface area contributed by atoms with Crippen LogP contribution in [-0.4, -0.2) is 67.1 Å². The van der Waals surface area contributed by atoms with Gasteiger partial charge in [0.25, 0.3) is 8.32 Å². The van der Waals surface area contributed by atoms with Crippen molar-refractivity contribution in [2.75, 3.05) is 19.8 Å². The summed E-state index contributed by atoms with van der Waals surface area (Å²) in [5, 5.41) is 21.8. The number of benzene rings is 3. The van der Waals surface area contributed by atoms with Crippen LogP contribution in [0.1, 0.15) is 91.0 Å². The van der Waals surface area contributed by atoms with Gasteiger partial charge in [-0.1, -0.05) is 129 Å². The third kappa shape index (κ3) is 8.83. The van der Waals surface area contributed by atoms with Crippen LogP contribution in [0.15, 0.2) is 100 Å². The number of carboxylic acid groups (broad SMARTS) is 1. The number of aliphatic carboxylic acids is 1. The third-order valence-electron chi connectivity index (χ3n) is 11.9. The lowest BCUT2D eigenvalue weighted by molar-refractivity contribution is -0.141. The molecule has 0 unspecified atom stereocenters. The number of likely N-dealkylation sites (tertiary alicyclic amines) is 1. The number of hydrogen-bond acceptors (Lipinski definition) is 6. The first-order chi connectivity index (χ1) is 26.9. The van der Waals surface area contributed by atoms with Gasteiger partial charge in [0.2, 0.25) is 11.8 Å². The lowest BCUT2D eigenvalue weighted by Crippen LogP contribution is -2.66. The van der Waals surface area contributed by atoms with Gasteiger partial charge < -0.3 is 19.4 Å². The summed E-state index contributed by atoms with van der Waals surface area (Å²) in [6, 6.07) is 26.6. The summed E-state index contributed by atoms with van der Waals surface area (Å²) in [7, 11) is -2.93. The summed E-state index contributed by atoms with van der Waals surface area (Å²) < 4.78 is 15.1. The lowest BCUT2D eigenvalue weighted by Gasteiger charge is -2.44. The standard InChI is InChI=1S/C46H56BrNO7Si/c1-5-15-31(26-32-27-34(47)22-23-39(32)49)21-24-40-42-33(29-55-56(46(2,3)4,35-16-9-6-10-17-35)36-18-11-7-12-19-36)28-37-43(38(42)30-54-40)45(53)48(44(37)52)25-14-8-13-20-41(50)51/h6-7,9-12,16-19,22-23,26-27,37-38,40,43,49H,5,8,13-15,20-21,24-25,28-30H2,1-4H3,(H,50,51)/b31-26+/t37-,38+,40-,43-/m1/s1. The second-order valence-electron chi connectivity index (χ2n) is 16.6. The average molecular weight is 843 g/mol. The Morgan fingerprint density at radius 3 is 2.23 bits per heavy atom. The number of fused-ring (bicyclic) bond motifs is 3. The van der Waals surface area contributed by atoms with Crippen molar-refractivity contribution >= 4 is 58.5 Å². The van der Waals surface area contributed by atoms with E-state index in [-0.39, 0.29) is 41.0 Å². The Morgan fingerprint density at radius 2 is 1.61 bits per heavy atom. The summed E-state index contributed by atoms with van der Waals surface area (Å²) >= 11 is 3.54. The summed E-state index contributed by atoms with van der Waals surface area (Å²) in [6.07, 6.45) is 7.41. The highest BCUT2D eigenvalue weighted by atomic mass is 79.9. The molecule has 2 amide bonds. The van der Waals surface area contributed by atoms with Crippen LogP contribution < -0.4 is 10.4 Å². The molecule has 2 aliphatic heterocycles. The van der Waals surface area contributed by atoms with Gasteiger partial charge in [-0.05, 0) is 83.3 Å². The van der Waals surface area contributed by atoms with Crippen molar-refractivity contribution in [3.8, 4) is 5.75 Å². The zero-order valence-corrected chi connectivity index (χ0v) is 35.7. The first kappa shape index (κ1) is 41.8. The molecule has 0 spiro atoms. The molecule has 2 N–H and O–H groups in total. The molecule has 0 bridgehead atoms. The maximum atomic E-state index is 14.2. The smallest absolute Gasteiger partial charge is 0.303 e. The maximum absolute atomic E-state index is 14.2. The van der Waals surface area contributed by atoms with Crippen molar-refractivity contribution in [1.29, 1.82) is 0 Å². The number of phenols is 1. The van der Waals surface area contributed by atoms with Gasteiger partial charge in [0.1, 0.15) is 5.75 Å². The van der Waals surface area contributed by atoms with Crippen LogP contribution in [0.3, 0.4) is 0 Å². The van der Waals surface area contributed by atoms with Crippen molar-refractivity contribution in [3.05, 3.63) is 106 Å². The molecular weight excluding hydrogens is 786 g/mol. The maximum Gasteiger partial charge on any atom is 0.303 e. The summed E-state index contributed by atoms with van der Waals surface area (Å²) in [4.78, 5) is 40.8. The van der Waals surface area contributed by atoms with Crippen LogP contribution in [0.2, 0.25) is 5.04 Å². The molecule has 0 radical (unpaired) electrons. The molecule has 1 aliphatic carbocycles. The van der Waals surface area contributed by atoms with E-state index in [1.54, 1.807) is 6.07 Å². The Morgan fingerprint density at radius 1 is 0.929 bits per heavy atom. The van der Waals surface area contributed by atoms with Crippen molar-refractivity contribution in [2.24, 2.45) is 17.8 Å².